The molecule has 1 fully saturated rings. The number of benzene rings is 3. The van der Waals surface area contributed by atoms with E-state index < -0.39 is 0 Å². The van der Waals surface area contributed by atoms with Gasteiger partial charge in [-0.2, -0.15) is 0 Å². The molecule has 0 aromatic heterocycles. The number of amides is 3. The second-order valence-electron chi connectivity index (χ2n) is 7.64. The maximum absolute atomic E-state index is 14.1. The molecule has 1 saturated heterocycles. The minimum Gasteiger partial charge on any atom is -0.320 e. The fraction of sp³-hybridized carbons (Fsp3) is 0.200. The van der Waals surface area contributed by atoms with Crippen LogP contribution in [0, 0.1) is 12.7 Å². The number of aryl methyl sites for hydroxylation is 1. The van der Waals surface area contributed by atoms with Crippen LogP contribution in [-0.4, -0.2) is 29.9 Å². The van der Waals surface area contributed by atoms with Crippen LogP contribution in [0.15, 0.2) is 72.8 Å². The van der Waals surface area contributed by atoms with Crippen LogP contribution in [0.4, 0.5) is 20.6 Å². The van der Waals surface area contributed by atoms with Gasteiger partial charge in [0, 0.05) is 24.2 Å². The Kier molecular flexibility index (Phi) is 5.98. The minimum absolute atomic E-state index is 0.200. The molecule has 0 aliphatic carbocycles. The van der Waals surface area contributed by atoms with Crippen LogP contribution in [-0.2, 0) is 6.54 Å². The van der Waals surface area contributed by atoms with Crippen molar-refractivity contribution in [2.45, 2.75) is 19.9 Å². The molecule has 3 amide bonds. The highest BCUT2D eigenvalue weighted by atomic mass is 19.1. The van der Waals surface area contributed by atoms with Gasteiger partial charge in [-0.05, 0) is 49.2 Å². The number of halogens is 1. The number of carbonyl (C=O) groups is 2. The van der Waals surface area contributed by atoms with Crippen molar-refractivity contribution < 1.29 is 14.0 Å². The first kappa shape index (κ1) is 20.6. The summed E-state index contributed by atoms with van der Waals surface area (Å²) in [5.74, 6) is -0.557. The van der Waals surface area contributed by atoms with Crippen LogP contribution >= 0.6 is 0 Å². The molecule has 5 nitrogen and oxygen atoms in total. The van der Waals surface area contributed by atoms with E-state index in [4.69, 9.17) is 0 Å². The number of hydrogen-bond acceptors (Lipinski definition) is 2. The zero-order chi connectivity index (χ0) is 21.8. The van der Waals surface area contributed by atoms with Crippen molar-refractivity contribution >= 4 is 23.3 Å². The molecule has 0 radical (unpaired) electrons. The van der Waals surface area contributed by atoms with Gasteiger partial charge in [0.15, 0.2) is 0 Å². The van der Waals surface area contributed by atoms with E-state index in [0.29, 0.717) is 35.6 Å². The van der Waals surface area contributed by atoms with E-state index in [1.165, 1.54) is 6.07 Å². The van der Waals surface area contributed by atoms with Gasteiger partial charge in [-0.25, -0.2) is 9.18 Å². The highest BCUT2D eigenvalue weighted by Gasteiger charge is 2.29. The van der Waals surface area contributed by atoms with E-state index in [0.717, 1.165) is 12.0 Å². The third kappa shape index (κ3) is 4.58. The molecule has 31 heavy (non-hydrogen) atoms. The summed E-state index contributed by atoms with van der Waals surface area (Å²) in [6, 6.07) is 20.9. The minimum atomic E-state index is -0.321. The lowest BCUT2D eigenvalue weighted by atomic mass is 10.1. The Morgan fingerprint density at radius 1 is 1.00 bits per heavy atom. The third-order valence-corrected chi connectivity index (χ3v) is 5.36. The number of nitrogens with zero attached hydrogens (tertiary/aromatic N) is 2. The normalized spacial score (nSPS) is 13.9. The summed E-state index contributed by atoms with van der Waals surface area (Å²) in [5.41, 5.74) is 3.22. The standard InChI is InChI=1S/C25H24FN3O2/c1-18-12-13-23(22(16-18)27-24(30)19-8-3-2-4-9-19)29-15-7-14-28(25(29)31)17-20-10-5-6-11-21(20)26/h2-6,8-13,16H,7,14-15,17H2,1H3,(H,27,30). The molecule has 1 aliphatic heterocycles. The number of carbonyl (C=O) groups excluding carboxylic acids is 2. The average molecular weight is 417 g/mol. The van der Waals surface area contributed by atoms with Crippen molar-refractivity contribution in [2.24, 2.45) is 0 Å². The van der Waals surface area contributed by atoms with Crippen molar-refractivity contribution in [3.05, 3.63) is 95.3 Å². The molecule has 3 aromatic rings. The zero-order valence-corrected chi connectivity index (χ0v) is 17.3. The fourth-order valence-electron chi connectivity index (χ4n) is 3.75. The van der Waals surface area contributed by atoms with Crippen molar-refractivity contribution in [3.63, 3.8) is 0 Å². The molecule has 158 valence electrons. The molecular formula is C25H24FN3O2. The van der Waals surface area contributed by atoms with Crippen molar-refractivity contribution in [1.82, 2.24) is 4.90 Å². The molecule has 4 rings (SSSR count). The van der Waals surface area contributed by atoms with Crippen molar-refractivity contribution in [1.29, 1.82) is 0 Å². The Balaban J connectivity index is 1.59. The van der Waals surface area contributed by atoms with E-state index in [2.05, 4.69) is 5.32 Å². The Bertz CT molecular complexity index is 1100. The SMILES string of the molecule is Cc1ccc(N2CCCN(Cc3ccccc3F)C2=O)c(NC(=O)c2ccccc2)c1. The van der Waals surface area contributed by atoms with Crippen molar-refractivity contribution in [3.8, 4) is 0 Å². The summed E-state index contributed by atoms with van der Waals surface area (Å²) in [7, 11) is 0. The van der Waals surface area contributed by atoms with E-state index in [-0.39, 0.29) is 24.3 Å². The Morgan fingerprint density at radius 3 is 2.52 bits per heavy atom. The van der Waals surface area contributed by atoms with Gasteiger partial charge in [0.1, 0.15) is 5.82 Å². The number of nitrogens with one attached hydrogen (secondary N) is 1. The number of urea groups is 1. The third-order valence-electron chi connectivity index (χ3n) is 5.36. The molecule has 0 saturated carbocycles. The van der Waals surface area contributed by atoms with Gasteiger partial charge in [-0.3, -0.25) is 9.69 Å². The summed E-state index contributed by atoms with van der Waals surface area (Å²) in [6.07, 6.45) is 0.750. The predicted octanol–water partition coefficient (Wildman–Crippen LogP) is 5.22. The lowest BCUT2D eigenvalue weighted by molar-refractivity contribution is 0.102. The zero-order valence-electron chi connectivity index (χ0n) is 17.3. The van der Waals surface area contributed by atoms with Crippen molar-refractivity contribution in [2.75, 3.05) is 23.3 Å². The average Bonchev–Trinajstić information content (AvgIpc) is 2.78. The van der Waals surface area contributed by atoms with Gasteiger partial charge in [0.05, 0.1) is 17.9 Å². The van der Waals surface area contributed by atoms with Gasteiger partial charge >= 0.3 is 6.03 Å². The molecule has 1 N–H and O–H groups in total. The number of hydrogen-bond donors (Lipinski definition) is 1. The highest BCUT2D eigenvalue weighted by molar-refractivity contribution is 6.07. The largest absolute Gasteiger partial charge is 0.324 e. The monoisotopic (exact) mass is 417 g/mol. The second kappa shape index (κ2) is 9.00. The lowest BCUT2D eigenvalue weighted by Gasteiger charge is -2.36. The van der Waals surface area contributed by atoms with Crippen LogP contribution in [0.2, 0.25) is 0 Å². The fourth-order valence-corrected chi connectivity index (χ4v) is 3.75. The maximum atomic E-state index is 14.1. The predicted molar refractivity (Wildman–Crippen MR) is 120 cm³/mol. The number of anilines is 2. The Morgan fingerprint density at radius 2 is 1.74 bits per heavy atom. The Labute approximate surface area is 181 Å². The Hall–Kier alpha value is -3.67. The summed E-state index contributed by atoms with van der Waals surface area (Å²) < 4.78 is 14.1. The summed E-state index contributed by atoms with van der Waals surface area (Å²) in [6.45, 7) is 3.23. The van der Waals surface area contributed by atoms with Crippen LogP contribution < -0.4 is 10.2 Å². The first-order chi connectivity index (χ1) is 15.0. The van der Waals surface area contributed by atoms with E-state index in [1.807, 2.05) is 31.2 Å². The molecule has 0 spiro atoms. The molecule has 1 aliphatic rings. The molecule has 0 bridgehead atoms. The number of rotatable bonds is 5. The first-order valence-electron chi connectivity index (χ1n) is 10.3. The summed E-state index contributed by atoms with van der Waals surface area (Å²) in [4.78, 5) is 29.3. The summed E-state index contributed by atoms with van der Waals surface area (Å²) in [5, 5.41) is 2.95. The van der Waals surface area contributed by atoms with Crippen LogP contribution in [0.25, 0.3) is 0 Å². The molecule has 1 heterocycles. The molecular weight excluding hydrogens is 393 g/mol. The maximum Gasteiger partial charge on any atom is 0.324 e. The smallest absolute Gasteiger partial charge is 0.320 e. The molecule has 6 heteroatoms. The lowest BCUT2D eigenvalue weighted by Crippen LogP contribution is -2.49. The van der Waals surface area contributed by atoms with Crippen LogP contribution in [0.5, 0.6) is 0 Å². The van der Waals surface area contributed by atoms with Gasteiger partial charge in [-0.1, -0.05) is 42.5 Å². The molecule has 3 aromatic carbocycles. The van der Waals surface area contributed by atoms with Gasteiger partial charge < -0.3 is 10.2 Å². The quantitative estimate of drug-likeness (QED) is 0.619. The van der Waals surface area contributed by atoms with Gasteiger partial charge in [-0.15, -0.1) is 0 Å². The van der Waals surface area contributed by atoms with E-state index in [9.17, 15) is 14.0 Å². The summed E-state index contributed by atoms with van der Waals surface area (Å²) >= 11 is 0. The van der Waals surface area contributed by atoms with Gasteiger partial charge in [0.25, 0.3) is 5.91 Å². The molecule has 0 unspecified atom stereocenters. The van der Waals surface area contributed by atoms with Crippen LogP contribution in [0.3, 0.4) is 0 Å². The van der Waals surface area contributed by atoms with E-state index >= 15 is 0 Å². The second-order valence-corrected chi connectivity index (χ2v) is 7.64. The van der Waals surface area contributed by atoms with Crippen LogP contribution in [0.1, 0.15) is 27.9 Å². The van der Waals surface area contributed by atoms with E-state index in [1.54, 1.807) is 52.3 Å². The first-order valence-corrected chi connectivity index (χ1v) is 10.3. The topological polar surface area (TPSA) is 52.6 Å². The van der Waals surface area contributed by atoms with Gasteiger partial charge in [0.2, 0.25) is 0 Å². The highest BCUT2D eigenvalue weighted by Crippen LogP contribution is 2.31. The molecule has 0 atom stereocenters.